The summed E-state index contributed by atoms with van der Waals surface area (Å²) in [4.78, 5) is 16.3. The quantitative estimate of drug-likeness (QED) is 0.840. The summed E-state index contributed by atoms with van der Waals surface area (Å²) in [5.41, 5.74) is 0.481. The first-order valence-corrected chi connectivity index (χ1v) is 7.59. The molecule has 3 N–H and O–H groups in total. The molecule has 3 atom stereocenters. The fourth-order valence-electron chi connectivity index (χ4n) is 3.44. The van der Waals surface area contributed by atoms with Gasteiger partial charge < -0.3 is 9.94 Å². The summed E-state index contributed by atoms with van der Waals surface area (Å²) in [5, 5.41) is 10.8. The number of nitrogens with two attached hydrogens (primary N) is 1. The summed E-state index contributed by atoms with van der Waals surface area (Å²) >= 11 is 0. The molecule has 3 unspecified atom stereocenters. The highest BCUT2D eigenvalue weighted by Crippen LogP contribution is 2.46. The zero-order valence-corrected chi connectivity index (χ0v) is 13.0. The largest absolute Gasteiger partial charge is 0.390 e. The van der Waals surface area contributed by atoms with E-state index in [0.29, 0.717) is 17.4 Å². The van der Waals surface area contributed by atoms with Crippen molar-refractivity contribution in [3.63, 3.8) is 0 Å². The van der Waals surface area contributed by atoms with Crippen molar-refractivity contribution in [3.8, 4) is 0 Å². The molecule has 0 spiro atoms. The molecule has 21 heavy (non-hydrogen) atoms. The van der Waals surface area contributed by atoms with Crippen LogP contribution in [-0.2, 0) is 4.84 Å². The van der Waals surface area contributed by atoms with Gasteiger partial charge in [0.2, 0.25) is 0 Å². The maximum absolute atomic E-state index is 11.9. The van der Waals surface area contributed by atoms with Crippen LogP contribution in [0.3, 0.4) is 0 Å². The Kier molecular flexibility index (Phi) is 4.69. The minimum Gasteiger partial charge on any atom is -0.390 e. The maximum atomic E-state index is 11.9. The number of carbonyl (C=O) groups excluding carboxylic acids is 1. The van der Waals surface area contributed by atoms with Crippen LogP contribution in [0.4, 0.5) is 0 Å². The van der Waals surface area contributed by atoms with Crippen LogP contribution in [0.15, 0.2) is 24.3 Å². The molecular weight excluding hydrogens is 266 g/mol. The molecule has 0 saturated heterocycles. The third-order valence-corrected chi connectivity index (χ3v) is 4.92. The van der Waals surface area contributed by atoms with Crippen molar-refractivity contribution in [2.75, 3.05) is 0 Å². The highest BCUT2D eigenvalue weighted by Gasteiger charge is 2.41. The average molecular weight is 291 g/mol. The maximum Gasteiger partial charge on any atom is 0.356 e. The van der Waals surface area contributed by atoms with Gasteiger partial charge in [0.1, 0.15) is 0 Å². The number of carbonyl (C=O) groups is 1. The lowest BCUT2D eigenvalue weighted by Gasteiger charge is -2.43. The lowest BCUT2D eigenvalue weighted by molar-refractivity contribution is -0.0206. The van der Waals surface area contributed by atoms with Crippen LogP contribution in [0.25, 0.3) is 0 Å². The SMILES string of the molecule is CC(C)C1CCC(C)(O)C(c2ccccc2C(=O)ON)C1. The Morgan fingerprint density at radius 3 is 2.71 bits per heavy atom. The molecule has 116 valence electrons. The monoisotopic (exact) mass is 291 g/mol. The van der Waals surface area contributed by atoms with Gasteiger partial charge in [-0.1, -0.05) is 32.0 Å². The lowest BCUT2D eigenvalue weighted by Crippen LogP contribution is -2.40. The number of benzene rings is 1. The summed E-state index contributed by atoms with van der Waals surface area (Å²) in [5.74, 6) is 5.53. The second-order valence-electron chi connectivity index (χ2n) is 6.68. The van der Waals surface area contributed by atoms with Gasteiger partial charge in [0.15, 0.2) is 0 Å². The van der Waals surface area contributed by atoms with Gasteiger partial charge in [-0.05, 0) is 49.7 Å². The van der Waals surface area contributed by atoms with Crippen molar-refractivity contribution in [2.45, 2.75) is 51.6 Å². The van der Waals surface area contributed by atoms with Crippen LogP contribution >= 0.6 is 0 Å². The second kappa shape index (κ2) is 6.16. The van der Waals surface area contributed by atoms with E-state index < -0.39 is 11.6 Å². The number of rotatable bonds is 3. The average Bonchev–Trinajstić information content (AvgIpc) is 2.46. The Morgan fingerprint density at radius 1 is 1.43 bits per heavy atom. The Morgan fingerprint density at radius 2 is 2.10 bits per heavy atom. The Bertz CT molecular complexity index is 511. The van der Waals surface area contributed by atoms with E-state index in [1.807, 2.05) is 19.1 Å². The van der Waals surface area contributed by atoms with Crippen molar-refractivity contribution < 1.29 is 14.7 Å². The Hall–Kier alpha value is -1.39. The van der Waals surface area contributed by atoms with Crippen LogP contribution in [0.5, 0.6) is 0 Å². The smallest absolute Gasteiger partial charge is 0.356 e. The van der Waals surface area contributed by atoms with Gasteiger partial charge in [0.05, 0.1) is 11.2 Å². The number of hydrogen-bond donors (Lipinski definition) is 2. The van der Waals surface area contributed by atoms with Gasteiger partial charge in [0.25, 0.3) is 0 Å². The molecule has 4 heteroatoms. The summed E-state index contributed by atoms with van der Waals surface area (Å²) in [6, 6.07) is 7.28. The number of aliphatic hydroxyl groups is 1. The number of hydrogen-bond acceptors (Lipinski definition) is 4. The molecule has 4 nitrogen and oxygen atoms in total. The van der Waals surface area contributed by atoms with Crippen LogP contribution < -0.4 is 5.90 Å². The summed E-state index contributed by atoms with van der Waals surface area (Å²) in [6.45, 7) is 6.28. The van der Waals surface area contributed by atoms with Crippen molar-refractivity contribution in [1.82, 2.24) is 0 Å². The normalized spacial score (nSPS) is 29.4. The molecule has 1 aromatic rings. The molecular formula is C17H25NO3. The van der Waals surface area contributed by atoms with Gasteiger partial charge in [-0.3, -0.25) is 0 Å². The van der Waals surface area contributed by atoms with Crippen molar-refractivity contribution in [2.24, 2.45) is 17.7 Å². The first-order valence-electron chi connectivity index (χ1n) is 7.59. The van der Waals surface area contributed by atoms with Crippen molar-refractivity contribution >= 4 is 5.97 Å². The van der Waals surface area contributed by atoms with Crippen LogP contribution in [-0.4, -0.2) is 16.7 Å². The van der Waals surface area contributed by atoms with Gasteiger partial charge in [0, 0.05) is 5.92 Å². The molecule has 1 aliphatic carbocycles. The van der Waals surface area contributed by atoms with E-state index in [1.54, 1.807) is 12.1 Å². The Balaban J connectivity index is 2.40. The first kappa shape index (κ1) is 16.0. The van der Waals surface area contributed by atoms with Crippen LogP contribution in [0.1, 0.15) is 61.9 Å². The fourth-order valence-corrected chi connectivity index (χ4v) is 3.44. The van der Waals surface area contributed by atoms with Crippen LogP contribution in [0.2, 0.25) is 0 Å². The predicted molar refractivity (Wildman–Crippen MR) is 81.6 cm³/mol. The van der Waals surface area contributed by atoms with E-state index in [9.17, 15) is 9.90 Å². The molecule has 0 aromatic heterocycles. The second-order valence-corrected chi connectivity index (χ2v) is 6.68. The molecule has 1 aromatic carbocycles. The van der Waals surface area contributed by atoms with Gasteiger partial charge in [-0.2, -0.15) is 5.90 Å². The van der Waals surface area contributed by atoms with Crippen molar-refractivity contribution in [3.05, 3.63) is 35.4 Å². The molecule has 0 radical (unpaired) electrons. The molecule has 2 rings (SSSR count). The van der Waals surface area contributed by atoms with Crippen LogP contribution in [0, 0.1) is 11.8 Å². The Labute approximate surface area is 126 Å². The lowest BCUT2D eigenvalue weighted by atomic mass is 9.66. The molecule has 1 fully saturated rings. The summed E-state index contributed by atoms with van der Waals surface area (Å²) in [7, 11) is 0. The molecule has 0 heterocycles. The molecule has 1 aliphatic rings. The zero-order chi connectivity index (χ0) is 15.6. The third kappa shape index (κ3) is 3.27. The molecule has 0 bridgehead atoms. The zero-order valence-electron chi connectivity index (χ0n) is 13.0. The summed E-state index contributed by atoms with van der Waals surface area (Å²) in [6.07, 6.45) is 2.64. The van der Waals surface area contributed by atoms with Gasteiger partial charge >= 0.3 is 5.97 Å². The van der Waals surface area contributed by atoms with E-state index in [2.05, 4.69) is 18.7 Å². The van der Waals surface area contributed by atoms with E-state index in [1.165, 1.54) is 0 Å². The van der Waals surface area contributed by atoms with E-state index in [0.717, 1.165) is 24.8 Å². The minimum atomic E-state index is -0.809. The molecule has 0 aliphatic heterocycles. The molecule has 1 saturated carbocycles. The predicted octanol–water partition coefficient (Wildman–Crippen LogP) is 3.01. The van der Waals surface area contributed by atoms with E-state index in [4.69, 9.17) is 5.90 Å². The van der Waals surface area contributed by atoms with Gasteiger partial charge in [-0.25, -0.2) is 4.79 Å². The van der Waals surface area contributed by atoms with Crippen molar-refractivity contribution in [1.29, 1.82) is 0 Å². The minimum absolute atomic E-state index is 0.0750. The first-order chi connectivity index (χ1) is 9.86. The topological polar surface area (TPSA) is 72.5 Å². The molecule has 0 amide bonds. The van der Waals surface area contributed by atoms with Gasteiger partial charge in [-0.15, -0.1) is 0 Å². The highest BCUT2D eigenvalue weighted by molar-refractivity contribution is 5.91. The third-order valence-electron chi connectivity index (χ3n) is 4.92. The van der Waals surface area contributed by atoms with E-state index >= 15 is 0 Å². The standard InChI is InChI=1S/C17H25NO3/c1-11(2)12-8-9-17(3,20)15(10-12)13-6-4-5-7-14(13)16(19)21-18/h4-7,11-12,15,20H,8-10,18H2,1-3H3. The fraction of sp³-hybridized carbons (Fsp3) is 0.588. The summed E-state index contributed by atoms with van der Waals surface area (Å²) < 4.78 is 0. The van der Waals surface area contributed by atoms with E-state index in [-0.39, 0.29) is 5.92 Å². The highest BCUT2D eigenvalue weighted by atomic mass is 16.7.